The van der Waals surface area contributed by atoms with Crippen LogP contribution in [0.1, 0.15) is 34.6 Å². The molecule has 0 aliphatic carbocycles. The van der Waals surface area contributed by atoms with Crippen LogP contribution in [0, 0.1) is 0 Å². The van der Waals surface area contributed by atoms with Crippen LogP contribution in [0.15, 0.2) is 66.7 Å². The van der Waals surface area contributed by atoms with Crippen molar-refractivity contribution in [2.45, 2.75) is 13.8 Å². The quantitative estimate of drug-likeness (QED) is 0.475. The molecule has 4 amide bonds. The third-order valence-electron chi connectivity index (χ3n) is 4.20. The van der Waals surface area contributed by atoms with E-state index < -0.39 is 11.8 Å². The van der Waals surface area contributed by atoms with E-state index in [4.69, 9.17) is 0 Å². The number of pyridine rings is 1. The smallest absolute Gasteiger partial charge is 0.258 e. The second-order valence-corrected chi connectivity index (χ2v) is 6.77. The van der Waals surface area contributed by atoms with Crippen molar-refractivity contribution < 1.29 is 19.2 Å². The fraction of sp³-hybridized carbons (Fsp3) is 0.0870. The van der Waals surface area contributed by atoms with Gasteiger partial charge in [-0.15, -0.1) is 0 Å². The molecule has 4 N–H and O–H groups in total. The second kappa shape index (κ2) is 9.98. The zero-order valence-electron chi connectivity index (χ0n) is 17.4. The number of hydrogen-bond donors (Lipinski definition) is 4. The van der Waals surface area contributed by atoms with E-state index in [-0.39, 0.29) is 34.6 Å². The van der Waals surface area contributed by atoms with Crippen molar-refractivity contribution in [1.29, 1.82) is 0 Å². The molecule has 0 aliphatic rings. The van der Waals surface area contributed by atoms with E-state index in [9.17, 15) is 19.2 Å². The van der Waals surface area contributed by atoms with E-state index in [1.165, 1.54) is 13.8 Å². The minimum atomic E-state index is -0.471. The Labute approximate surface area is 184 Å². The van der Waals surface area contributed by atoms with Crippen molar-refractivity contribution in [3.8, 4) is 0 Å². The maximum atomic E-state index is 12.7. The minimum Gasteiger partial charge on any atom is -0.326 e. The van der Waals surface area contributed by atoms with Gasteiger partial charge in [-0.2, -0.15) is 0 Å². The molecule has 0 atom stereocenters. The number of nitrogens with zero attached hydrogens (tertiary/aromatic N) is 1. The molecule has 0 radical (unpaired) electrons. The Kier molecular flexibility index (Phi) is 6.92. The summed E-state index contributed by atoms with van der Waals surface area (Å²) in [6, 6.07) is 17.9. The number of carbonyl (C=O) groups excluding carboxylic acids is 4. The number of nitrogens with one attached hydrogen (secondary N) is 4. The number of amides is 4. The summed E-state index contributed by atoms with van der Waals surface area (Å²) in [6.07, 6.45) is 0. The molecule has 32 heavy (non-hydrogen) atoms. The van der Waals surface area contributed by atoms with Crippen LogP contribution in [0.2, 0.25) is 0 Å². The fourth-order valence-electron chi connectivity index (χ4n) is 2.90. The highest BCUT2D eigenvalue weighted by molar-refractivity contribution is 6.11. The Hall–Kier alpha value is -4.53. The van der Waals surface area contributed by atoms with Gasteiger partial charge in [0.2, 0.25) is 11.8 Å². The van der Waals surface area contributed by atoms with E-state index in [1.807, 2.05) is 0 Å². The summed E-state index contributed by atoms with van der Waals surface area (Å²) in [6.45, 7) is 2.71. The van der Waals surface area contributed by atoms with Crippen LogP contribution < -0.4 is 21.3 Å². The lowest BCUT2D eigenvalue weighted by molar-refractivity contribution is -0.115. The number of hydrogen-bond acceptors (Lipinski definition) is 5. The van der Waals surface area contributed by atoms with Gasteiger partial charge in [0, 0.05) is 13.8 Å². The van der Waals surface area contributed by atoms with Crippen LogP contribution in [-0.4, -0.2) is 28.6 Å². The molecule has 2 aromatic carbocycles. The van der Waals surface area contributed by atoms with Crippen molar-refractivity contribution >= 4 is 46.6 Å². The SMILES string of the molecule is CC(=O)Nc1ccccc1C(=O)Nc1cccc(NC(=O)c2ccccc2NC(C)=O)n1. The van der Waals surface area contributed by atoms with Gasteiger partial charge >= 0.3 is 0 Å². The summed E-state index contributed by atoms with van der Waals surface area (Å²) in [5, 5.41) is 10.5. The van der Waals surface area contributed by atoms with Crippen LogP contribution in [0.5, 0.6) is 0 Å². The van der Waals surface area contributed by atoms with Crippen molar-refractivity contribution in [3.63, 3.8) is 0 Å². The second-order valence-electron chi connectivity index (χ2n) is 6.77. The Morgan fingerprint density at radius 3 is 1.38 bits per heavy atom. The molecule has 1 heterocycles. The van der Waals surface area contributed by atoms with Crippen LogP contribution in [0.4, 0.5) is 23.0 Å². The standard InChI is InChI=1S/C23H21N5O4/c1-14(29)24-18-10-5-3-8-16(18)22(31)27-20-12-7-13-21(26-20)28-23(32)17-9-4-6-11-19(17)25-15(2)30/h3-13H,1-2H3,(H,24,29)(H,25,30)(H2,26,27,28,31,32). The van der Waals surface area contributed by atoms with Gasteiger partial charge in [0.1, 0.15) is 11.6 Å². The minimum absolute atomic E-state index is 0.209. The molecule has 1 aromatic heterocycles. The zero-order chi connectivity index (χ0) is 23.1. The van der Waals surface area contributed by atoms with Crippen LogP contribution >= 0.6 is 0 Å². The highest BCUT2D eigenvalue weighted by atomic mass is 16.2. The summed E-state index contributed by atoms with van der Waals surface area (Å²) >= 11 is 0. The molecule has 9 heteroatoms. The molecular formula is C23H21N5O4. The lowest BCUT2D eigenvalue weighted by atomic mass is 10.1. The van der Waals surface area contributed by atoms with Crippen LogP contribution in [0.3, 0.4) is 0 Å². The number of rotatable bonds is 6. The predicted molar refractivity (Wildman–Crippen MR) is 122 cm³/mol. The average molecular weight is 431 g/mol. The van der Waals surface area contributed by atoms with E-state index in [2.05, 4.69) is 26.3 Å². The normalized spacial score (nSPS) is 10.1. The summed E-state index contributed by atoms with van der Waals surface area (Å²) in [5.74, 6) is -1.12. The van der Waals surface area contributed by atoms with Gasteiger partial charge < -0.3 is 21.3 Å². The topological polar surface area (TPSA) is 129 Å². The lowest BCUT2D eigenvalue weighted by Gasteiger charge is -2.12. The monoisotopic (exact) mass is 431 g/mol. The Bertz CT molecular complexity index is 1100. The molecular weight excluding hydrogens is 410 g/mol. The molecule has 9 nitrogen and oxygen atoms in total. The first-order chi connectivity index (χ1) is 15.3. The van der Waals surface area contributed by atoms with Gasteiger partial charge in [-0.3, -0.25) is 19.2 Å². The number of para-hydroxylation sites is 2. The Morgan fingerprint density at radius 2 is 0.969 bits per heavy atom. The molecule has 0 bridgehead atoms. The highest BCUT2D eigenvalue weighted by Crippen LogP contribution is 2.19. The van der Waals surface area contributed by atoms with Gasteiger partial charge in [0.25, 0.3) is 11.8 Å². The summed E-state index contributed by atoms with van der Waals surface area (Å²) in [5.41, 5.74) is 1.28. The Morgan fingerprint density at radius 1 is 0.562 bits per heavy atom. The molecule has 0 saturated heterocycles. The predicted octanol–water partition coefficient (Wildman–Crippen LogP) is 3.50. The molecule has 0 aliphatic heterocycles. The van der Waals surface area contributed by atoms with E-state index in [0.717, 1.165) is 0 Å². The molecule has 0 spiro atoms. The van der Waals surface area contributed by atoms with E-state index >= 15 is 0 Å². The fourth-order valence-corrected chi connectivity index (χ4v) is 2.90. The highest BCUT2D eigenvalue weighted by Gasteiger charge is 2.15. The first-order valence-electron chi connectivity index (χ1n) is 9.66. The number of aromatic nitrogens is 1. The first-order valence-corrected chi connectivity index (χ1v) is 9.66. The third-order valence-corrected chi connectivity index (χ3v) is 4.20. The maximum absolute atomic E-state index is 12.7. The first kappa shape index (κ1) is 22.2. The summed E-state index contributed by atoms with van der Waals surface area (Å²) in [7, 11) is 0. The van der Waals surface area contributed by atoms with Crippen molar-refractivity contribution in [1.82, 2.24) is 4.98 Å². The molecule has 162 valence electrons. The van der Waals surface area contributed by atoms with E-state index in [0.29, 0.717) is 11.4 Å². The molecule has 0 unspecified atom stereocenters. The average Bonchev–Trinajstić information content (AvgIpc) is 2.74. The number of anilines is 4. The number of carbonyl (C=O) groups is 4. The van der Waals surface area contributed by atoms with Crippen molar-refractivity contribution in [2.75, 3.05) is 21.3 Å². The van der Waals surface area contributed by atoms with Gasteiger partial charge in [0.05, 0.1) is 22.5 Å². The zero-order valence-corrected chi connectivity index (χ0v) is 17.4. The third kappa shape index (κ3) is 5.76. The Balaban J connectivity index is 1.76. The van der Waals surface area contributed by atoms with Gasteiger partial charge in [-0.25, -0.2) is 4.98 Å². The van der Waals surface area contributed by atoms with Crippen LogP contribution in [0.25, 0.3) is 0 Å². The van der Waals surface area contributed by atoms with Crippen LogP contribution in [-0.2, 0) is 9.59 Å². The molecule has 3 rings (SSSR count). The molecule has 3 aromatic rings. The van der Waals surface area contributed by atoms with Crippen molar-refractivity contribution in [3.05, 3.63) is 77.9 Å². The molecule has 0 saturated carbocycles. The maximum Gasteiger partial charge on any atom is 0.258 e. The number of benzene rings is 2. The van der Waals surface area contributed by atoms with Crippen molar-refractivity contribution in [2.24, 2.45) is 0 Å². The summed E-state index contributed by atoms with van der Waals surface area (Å²) < 4.78 is 0. The van der Waals surface area contributed by atoms with Gasteiger partial charge in [-0.1, -0.05) is 30.3 Å². The van der Waals surface area contributed by atoms with Gasteiger partial charge in [-0.05, 0) is 36.4 Å². The van der Waals surface area contributed by atoms with Gasteiger partial charge in [0.15, 0.2) is 0 Å². The molecule has 0 fully saturated rings. The van der Waals surface area contributed by atoms with E-state index in [1.54, 1.807) is 66.7 Å². The lowest BCUT2D eigenvalue weighted by Crippen LogP contribution is -2.19. The largest absolute Gasteiger partial charge is 0.326 e. The summed E-state index contributed by atoms with van der Waals surface area (Å²) in [4.78, 5) is 52.4.